The molecule has 0 radical (unpaired) electrons. The second-order valence-corrected chi connectivity index (χ2v) is 6.59. The van der Waals surface area contributed by atoms with Gasteiger partial charge in [0.25, 0.3) is 5.91 Å². The van der Waals surface area contributed by atoms with Crippen molar-refractivity contribution >= 4 is 23.2 Å². The number of H-pyrrole nitrogens is 1. The highest BCUT2D eigenvalue weighted by Crippen LogP contribution is 2.41. The fourth-order valence-corrected chi connectivity index (χ4v) is 3.83. The first-order valence-corrected chi connectivity index (χ1v) is 8.62. The minimum atomic E-state index is -0.0997. The third-order valence-corrected chi connectivity index (χ3v) is 5.21. The molecule has 2 N–H and O–H groups in total. The summed E-state index contributed by atoms with van der Waals surface area (Å²) in [4.78, 5) is 16.0. The molecule has 4 rings (SSSR count). The van der Waals surface area contributed by atoms with Crippen molar-refractivity contribution in [3.8, 4) is 11.5 Å². The maximum atomic E-state index is 12.5. The van der Waals surface area contributed by atoms with Gasteiger partial charge < -0.3 is 19.8 Å². The largest absolute Gasteiger partial charge is 0.493 e. The predicted molar refractivity (Wildman–Crippen MR) is 98.2 cm³/mol. The van der Waals surface area contributed by atoms with Crippen LogP contribution in [0.1, 0.15) is 40.9 Å². The van der Waals surface area contributed by atoms with Crippen molar-refractivity contribution < 1.29 is 14.3 Å². The average molecular weight is 338 g/mol. The fraction of sp³-hybridized carbons (Fsp3) is 0.350. The second-order valence-electron chi connectivity index (χ2n) is 6.59. The monoisotopic (exact) mass is 338 g/mol. The van der Waals surface area contributed by atoms with E-state index in [4.69, 9.17) is 9.47 Å². The highest BCUT2D eigenvalue weighted by Gasteiger charge is 2.27. The Bertz CT molecular complexity index is 893. The quantitative estimate of drug-likeness (QED) is 0.839. The highest BCUT2D eigenvalue weighted by atomic mass is 16.5. The van der Waals surface area contributed by atoms with Crippen LogP contribution in [0.2, 0.25) is 0 Å². The molecule has 0 unspecified atom stereocenters. The number of benzene rings is 1. The van der Waals surface area contributed by atoms with Gasteiger partial charge in [0.2, 0.25) is 0 Å². The molecule has 2 heterocycles. The molecule has 130 valence electrons. The van der Waals surface area contributed by atoms with Gasteiger partial charge in [-0.15, -0.1) is 0 Å². The molecule has 0 fully saturated rings. The van der Waals surface area contributed by atoms with Gasteiger partial charge >= 0.3 is 0 Å². The Kier molecular flexibility index (Phi) is 3.79. The molecule has 1 aromatic heterocycles. The molecule has 1 aliphatic heterocycles. The Balaban J connectivity index is 1.81. The van der Waals surface area contributed by atoms with Crippen molar-refractivity contribution in [2.45, 2.75) is 32.6 Å². The second kappa shape index (κ2) is 5.99. The van der Waals surface area contributed by atoms with E-state index in [-0.39, 0.29) is 5.91 Å². The van der Waals surface area contributed by atoms with E-state index in [0.29, 0.717) is 17.1 Å². The van der Waals surface area contributed by atoms with E-state index in [9.17, 15) is 4.79 Å². The zero-order chi connectivity index (χ0) is 17.6. The van der Waals surface area contributed by atoms with E-state index < -0.39 is 0 Å². The summed E-state index contributed by atoms with van der Waals surface area (Å²) >= 11 is 0. The van der Waals surface area contributed by atoms with Crippen molar-refractivity contribution in [2.24, 2.45) is 0 Å². The van der Waals surface area contributed by atoms with Gasteiger partial charge in [-0.3, -0.25) is 4.79 Å². The van der Waals surface area contributed by atoms with Gasteiger partial charge in [0.05, 0.1) is 25.5 Å². The summed E-state index contributed by atoms with van der Waals surface area (Å²) < 4.78 is 10.7. The zero-order valence-corrected chi connectivity index (χ0v) is 14.8. The van der Waals surface area contributed by atoms with E-state index in [1.165, 1.54) is 29.7 Å². The molecular formula is C20H22N2O3. The van der Waals surface area contributed by atoms with Crippen LogP contribution in [-0.4, -0.2) is 25.1 Å². The van der Waals surface area contributed by atoms with Gasteiger partial charge in [-0.1, -0.05) is 0 Å². The van der Waals surface area contributed by atoms with E-state index in [1.54, 1.807) is 20.3 Å². The summed E-state index contributed by atoms with van der Waals surface area (Å²) in [6.07, 6.45) is 6.63. The first kappa shape index (κ1) is 15.8. The molecule has 0 bridgehead atoms. The van der Waals surface area contributed by atoms with Crippen LogP contribution < -0.4 is 14.8 Å². The van der Waals surface area contributed by atoms with Gasteiger partial charge in [-0.25, -0.2) is 0 Å². The zero-order valence-electron chi connectivity index (χ0n) is 14.8. The number of amides is 1. The van der Waals surface area contributed by atoms with E-state index in [1.807, 2.05) is 12.1 Å². The normalized spacial score (nSPS) is 17.2. The molecule has 2 aromatic rings. The third kappa shape index (κ3) is 2.51. The Morgan fingerprint density at radius 3 is 2.52 bits per heavy atom. The number of ether oxygens (including phenoxy) is 2. The lowest BCUT2D eigenvalue weighted by Gasteiger charge is -2.10. The topological polar surface area (TPSA) is 63.4 Å². The molecule has 2 aliphatic rings. The van der Waals surface area contributed by atoms with E-state index >= 15 is 0 Å². The summed E-state index contributed by atoms with van der Waals surface area (Å²) in [6, 6.07) is 3.66. The molecule has 5 heteroatoms. The molecular weight excluding hydrogens is 316 g/mol. The number of aromatic nitrogens is 1. The summed E-state index contributed by atoms with van der Waals surface area (Å²) in [6.45, 7) is 2.13. The van der Waals surface area contributed by atoms with Gasteiger partial charge in [0.15, 0.2) is 11.5 Å². The van der Waals surface area contributed by atoms with E-state index in [0.717, 1.165) is 29.8 Å². The van der Waals surface area contributed by atoms with Gasteiger partial charge in [0, 0.05) is 23.0 Å². The van der Waals surface area contributed by atoms with Crippen LogP contribution >= 0.6 is 0 Å². The number of hydrogen-bond donors (Lipinski definition) is 2. The van der Waals surface area contributed by atoms with Crippen molar-refractivity contribution in [3.63, 3.8) is 0 Å². The van der Waals surface area contributed by atoms with Crippen molar-refractivity contribution in [1.82, 2.24) is 4.98 Å². The minimum Gasteiger partial charge on any atom is -0.493 e. The first-order chi connectivity index (χ1) is 12.1. The Labute approximate surface area is 147 Å². The van der Waals surface area contributed by atoms with Gasteiger partial charge in [0.1, 0.15) is 0 Å². The fourth-order valence-electron chi connectivity index (χ4n) is 3.83. The lowest BCUT2D eigenvalue weighted by molar-refractivity contribution is -0.110. The van der Waals surface area contributed by atoms with Crippen molar-refractivity contribution in [2.75, 3.05) is 19.5 Å². The standard InChI is InChI=1S/C20H22N2O3/c1-11-12-6-4-5-7-15(12)21-16(11)8-14-13-9-18(24-2)19(25-3)10-17(13)22-20(14)23/h8-10,21H,4-7H2,1-3H3,(H,22,23). The summed E-state index contributed by atoms with van der Waals surface area (Å²) in [5.41, 5.74) is 7.27. The summed E-state index contributed by atoms with van der Waals surface area (Å²) in [5.74, 6) is 1.12. The van der Waals surface area contributed by atoms with Crippen LogP contribution in [0.25, 0.3) is 11.6 Å². The number of nitrogens with one attached hydrogen (secondary N) is 2. The number of carbonyl (C=O) groups excluding carboxylic acids is 1. The van der Waals surface area contributed by atoms with Crippen LogP contribution in [0.15, 0.2) is 12.1 Å². The molecule has 1 amide bonds. The molecule has 1 aliphatic carbocycles. The Morgan fingerprint density at radius 1 is 1.08 bits per heavy atom. The van der Waals surface area contributed by atoms with Crippen LogP contribution in [-0.2, 0) is 17.6 Å². The average Bonchev–Trinajstić information content (AvgIpc) is 3.11. The SMILES string of the molecule is COc1cc2c(cc1OC)C(=Cc1[nH]c3c(c1C)CCCC3)C(=O)N2. The first-order valence-electron chi connectivity index (χ1n) is 8.62. The summed E-state index contributed by atoms with van der Waals surface area (Å²) in [5, 5.41) is 2.92. The lowest BCUT2D eigenvalue weighted by Crippen LogP contribution is -2.03. The molecule has 0 spiro atoms. The third-order valence-electron chi connectivity index (χ3n) is 5.21. The number of anilines is 1. The predicted octanol–water partition coefficient (Wildman–Crippen LogP) is 3.71. The number of hydrogen-bond acceptors (Lipinski definition) is 3. The minimum absolute atomic E-state index is 0.0997. The highest BCUT2D eigenvalue weighted by molar-refractivity contribution is 6.35. The number of aromatic amines is 1. The van der Waals surface area contributed by atoms with Gasteiger partial charge in [-0.2, -0.15) is 0 Å². The molecule has 0 saturated heterocycles. The molecule has 1 aromatic carbocycles. The van der Waals surface area contributed by atoms with Gasteiger partial charge in [-0.05, 0) is 55.9 Å². The van der Waals surface area contributed by atoms with Crippen LogP contribution in [0.5, 0.6) is 11.5 Å². The van der Waals surface area contributed by atoms with Crippen LogP contribution in [0.3, 0.4) is 0 Å². The van der Waals surface area contributed by atoms with Crippen molar-refractivity contribution in [1.29, 1.82) is 0 Å². The molecule has 5 nitrogen and oxygen atoms in total. The Hall–Kier alpha value is -2.69. The number of rotatable bonds is 3. The Morgan fingerprint density at radius 2 is 1.80 bits per heavy atom. The van der Waals surface area contributed by atoms with Crippen molar-refractivity contribution in [3.05, 3.63) is 40.2 Å². The lowest BCUT2D eigenvalue weighted by atomic mass is 9.95. The van der Waals surface area contributed by atoms with E-state index in [2.05, 4.69) is 17.2 Å². The smallest absolute Gasteiger partial charge is 0.256 e. The number of fused-ring (bicyclic) bond motifs is 2. The number of aryl methyl sites for hydroxylation is 1. The van der Waals surface area contributed by atoms with Crippen LogP contribution in [0.4, 0.5) is 5.69 Å². The maximum absolute atomic E-state index is 12.5. The summed E-state index contributed by atoms with van der Waals surface area (Å²) in [7, 11) is 3.19. The molecule has 0 saturated carbocycles. The van der Waals surface area contributed by atoms with Crippen LogP contribution in [0, 0.1) is 6.92 Å². The number of carbonyl (C=O) groups is 1. The maximum Gasteiger partial charge on any atom is 0.256 e. The number of methoxy groups -OCH3 is 2. The molecule has 25 heavy (non-hydrogen) atoms. The molecule has 0 atom stereocenters.